The maximum absolute atomic E-state index is 5.42. The molecule has 3 atom stereocenters. The Bertz CT molecular complexity index is 392. The molecule has 0 heterocycles. The minimum Gasteiger partial charge on any atom is -0.497 e. The third-order valence-corrected chi connectivity index (χ3v) is 3.48. The van der Waals surface area contributed by atoms with Crippen molar-refractivity contribution < 1.29 is 9.47 Å². The van der Waals surface area contributed by atoms with Crippen molar-refractivity contribution in [2.75, 3.05) is 14.2 Å². The quantitative estimate of drug-likeness (QED) is 0.851. The van der Waals surface area contributed by atoms with E-state index in [0.717, 1.165) is 17.4 Å². The zero-order valence-electron chi connectivity index (χ0n) is 11.0. The summed E-state index contributed by atoms with van der Waals surface area (Å²) >= 11 is 0. The fourth-order valence-corrected chi connectivity index (χ4v) is 2.14. The highest BCUT2D eigenvalue weighted by atomic mass is 16.5. The van der Waals surface area contributed by atoms with Crippen molar-refractivity contribution >= 4 is 0 Å². The van der Waals surface area contributed by atoms with Gasteiger partial charge in [-0.3, -0.25) is 0 Å². The summed E-state index contributed by atoms with van der Waals surface area (Å²) < 4.78 is 10.6. The number of benzene rings is 1. The Morgan fingerprint density at radius 2 is 2.00 bits per heavy atom. The number of rotatable bonds is 5. The van der Waals surface area contributed by atoms with Crippen LogP contribution in [0.5, 0.6) is 11.5 Å². The second-order valence-corrected chi connectivity index (χ2v) is 4.82. The van der Waals surface area contributed by atoms with E-state index in [1.807, 2.05) is 12.1 Å². The average molecular weight is 235 g/mol. The van der Waals surface area contributed by atoms with Crippen LogP contribution in [0.1, 0.15) is 31.9 Å². The van der Waals surface area contributed by atoms with Gasteiger partial charge < -0.3 is 14.8 Å². The van der Waals surface area contributed by atoms with Gasteiger partial charge in [0.2, 0.25) is 0 Å². The molecule has 0 radical (unpaired) electrons. The van der Waals surface area contributed by atoms with Gasteiger partial charge in [0.05, 0.1) is 14.2 Å². The molecule has 3 unspecified atom stereocenters. The van der Waals surface area contributed by atoms with Crippen LogP contribution in [0.4, 0.5) is 0 Å². The van der Waals surface area contributed by atoms with Crippen LogP contribution in [-0.4, -0.2) is 20.3 Å². The molecule has 1 saturated carbocycles. The Morgan fingerprint density at radius 3 is 2.53 bits per heavy atom. The van der Waals surface area contributed by atoms with Crippen molar-refractivity contribution in [3.05, 3.63) is 23.8 Å². The molecule has 1 N–H and O–H groups in total. The van der Waals surface area contributed by atoms with E-state index < -0.39 is 0 Å². The fraction of sp³-hybridized carbons (Fsp3) is 0.571. The molecule has 17 heavy (non-hydrogen) atoms. The van der Waals surface area contributed by atoms with Gasteiger partial charge >= 0.3 is 0 Å². The standard InChI is InChI=1S/C14H21NO2/c1-9-7-13(9)15-10(2)12-6-5-11(16-3)8-14(12)17-4/h5-6,8-10,13,15H,7H2,1-4H3. The third-order valence-electron chi connectivity index (χ3n) is 3.48. The number of ether oxygens (including phenoxy) is 2. The molecule has 1 fully saturated rings. The summed E-state index contributed by atoms with van der Waals surface area (Å²) in [7, 11) is 3.37. The summed E-state index contributed by atoms with van der Waals surface area (Å²) in [6.45, 7) is 4.45. The average Bonchev–Trinajstić information content (AvgIpc) is 3.03. The minimum atomic E-state index is 0.311. The Kier molecular flexibility index (Phi) is 3.57. The molecule has 94 valence electrons. The van der Waals surface area contributed by atoms with Gasteiger partial charge in [-0.2, -0.15) is 0 Å². The molecule has 0 aromatic heterocycles. The zero-order valence-corrected chi connectivity index (χ0v) is 11.0. The van der Waals surface area contributed by atoms with Crippen LogP contribution in [0.3, 0.4) is 0 Å². The van der Waals surface area contributed by atoms with Gasteiger partial charge in [0.25, 0.3) is 0 Å². The molecule has 0 aliphatic heterocycles. The lowest BCUT2D eigenvalue weighted by atomic mass is 10.1. The molecule has 1 aromatic carbocycles. The normalized spacial score (nSPS) is 24.2. The molecular weight excluding hydrogens is 214 g/mol. The van der Waals surface area contributed by atoms with Crippen LogP contribution in [0.25, 0.3) is 0 Å². The summed E-state index contributed by atoms with van der Waals surface area (Å²) in [5.41, 5.74) is 1.19. The second-order valence-electron chi connectivity index (χ2n) is 4.82. The van der Waals surface area contributed by atoms with Gasteiger partial charge in [0, 0.05) is 23.7 Å². The molecule has 1 aliphatic carbocycles. The number of hydrogen-bond acceptors (Lipinski definition) is 3. The number of nitrogens with one attached hydrogen (secondary N) is 1. The third kappa shape index (κ3) is 2.72. The summed E-state index contributed by atoms with van der Waals surface area (Å²) in [6, 6.07) is 6.96. The lowest BCUT2D eigenvalue weighted by Crippen LogP contribution is -2.22. The van der Waals surface area contributed by atoms with Crippen LogP contribution in [0.15, 0.2) is 18.2 Å². The van der Waals surface area contributed by atoms with Crippen LogP contribution in [0.2, 0.25) is 0 Å². The largest absolute Gasteiger partial charge is 0.497 e. The summed E-state index contributed by atoms with van der Waals surface area (Å²) in [6.07, 6.45) is 1.28. The monoisotopic (exact) mass is 235 g/mol. The van der Waals surface area contributed by atoms with Gasteiger partial charge in [-0.05, 0) is 25.3 Å². The minimum absolute atomic E-state index is 0.311. The fourth-order valence-electron chi connectivity index (χ4n) is 2.14. The highest BCUT2D eigenvalue weighted by Gasteiger charge is 2.33. The van der Waals surface area contributed by atoms with Crippen molar-refractivity contribution in [2.45, 2.75) is 32.4 Å². The van der Waals surface area contributed by atoms with Crippen molar-refractivity contribution in [1.82, 2.24) is 5.32 Å². The molecule has 3 heteroatoms. The molecule has 2 rings (SSSR count). The molecular formula is C14H21NO2. The van der Waals surface area contributed by atoms with Gasteiger partial charge in [0.15, 0.2) is 0 Å². The molecule has 3 nitrogen and oxygen atoms in total. The first kappa shape index (κ1) is 12.2. The molecule has 0 bridgehead atoms. The lowest BCUT2D eigenvalue weighted by molar-refractivity contribution is 0.385. The van der Waals surface area contributed by atoms with Crippen LogP contribution < -0.4 is 14.8 Å². The van der Waals surface area contributed by atoms with E-state index in [2.05, 4.69) is 25.2 Å². The Labute approximate surface area is 103 Å². The summed E-state index contributed by atoms with van der Waals surface area (Å²) in [5.74, 6) is 2.52. The Hall–Kier alpha value is -1.22. The molecule has 0 amide bonds. The highest BCUT2D eigenvalue weighted by molar-refractivity contribution is 5.42. The smallest absolute Gasteiger partial charge is 0.127 e. The maximum atomic E-state index is 5.42. The van der Waals surface area contributed by atoms with E-state index in [0.29, 0.717) is 12.1 Å². The van der Waals surface area contributed by atoms with Crippen molar-refractivity contribution in [3.63, 3.8) is 0 Å². The molecule has 0 saturated heterocycles. The van der Waals surface area contributed by atoms with Crippen molar-refractivity contribution in [3.8, 4) is 11.5 Å². The van der Waals surface area contributed by atoms with E-state index in [9.17, 15) is 0 Å². The van der Waals surface area contributed by atoms with Crippen molar-refractivity contribution in [1.29, 1.82) is 0 Å². The molecule has 1 aromatic rings. The zero-order chi connectivity index (χ0) is 12.4. The van der Waals surface area contributed by atoms with Crippen molar-refractivity contribution in [2.24, 2.45) is 5.92 Å². The van der Waals surface area contributed by atoms with E-state index in [4.69, 9.17) is 9.47 Å². The first-order valence-corrected chi connectivity index (χ1v) is 6.13. The Balaban J connectivity index is 2.12. The highest BCUT2D eigenvalue weighted by Crippen LogP contribution is 2.34. The van der Waals surface area contributed by atoms with Gasteiger partial charge in [0.1, 0.15) is 11.5 Å². The van der Waals surface area contributed by atoms with Gasteiger partial charge in [-0.1, -0.05) is 13.0 Å². The van der Waals surface area contributed by atoms with Crippen LogP contribution in [0, 0.1) is 5.92 Å². The number of methoxy groups -OCH3 is 2. The first-order valence-electron chi connectivity index (χ1n) is 6.13. The maximum Gasteiger partial charge on any atom is 0.127 e. The summed E-state index contributed by atoms with van der Waals surface area (Å²) in [4.78, 5) is 0. The lowest BCUT2D eigenvalue weighted by Gasteiger charge is -2.18. The van der Waals surface area contributed by atoms with Crippen LogP contribution in [-0.2, 0) is 0 Å². The van der Waals surface area contributed by atoms with E-state index in [1.165, 1.54) is 12.0 Å². The number of hydrogen-bond donors (Lipinski definition) is 1. The van der Waals surface area contributed by atoms with E-state index >= 15 is 0 Å². The first-order chi connectivity index (χ1) is 8.15. The predicted molar refractivity (Wildman–Crippen MR) is 68.7 cm³/mol. The van der Waals surface area contributed by atoms with Gasteiger partial charge in [-0.15, -0.1) is 0 Å². The molecule has 0 spiro atoms. The second kappa shape index (κ2) is 4.96. The van der Waals surface area contributed by atoms with Gasteiger partial charge in [-0.25, -0.2) is 0 Å². The molecule has 1 aliphatic rings. The van der Waals surface area contributed by atoms with E-state index in [1.54, 1.807) is 14.2 Å². The predicted octanol–water partition coefficient (Wildman–Crippen LogP) is 2.76. The topological polar surface area (TPSA) is 30.5 Å². The van der Waals surface area contributed by atoms with E-state index in [-0.39, 0.29) is 0 Å². The van der Waals surface area contributed by atoms with Crippen LogP contribution >= 0.6 is 0 Å². The Morgan fingerprint density at radius 1 is 1.29 bits per heavy atom. The SMILES string of the molecule is COc1ccc(C(C)NC2CC2C)c(OC)c1. The summed E-state index contributed by atoms with van der Waals surface area (Å²) in [5, 5.41) is 3.61.